The monoisotopic (exact) mass is 599 g/mol. The molecule has 46 heavy (non-hydrogen) atoms. The van der Waals surface area contributed by atoms with Crippen LogP contribution in [0.2, 0.25) is 0 Å². The molecule has 1 unspecified atom stereocenters. The molecule has 6 aromatic carbocycles. The molecule has 1 atom stereocenters. The molecular weight excluding hydrogens is 566 g/mol. The maximum atomic E-state index is 6.33. The van der Waals surface area contributed by atoms with Crippen molar-refractivity contribution in [3.8, 4) is 23.0 Å². The Morgan fingerprint density at radius 2 is 0.870 bits per heavy atom. The Labute approximate surface area is 268 Å². The molecule has 5 nitrogen and oxygen atoms in total. The number of ether oxygens (including phenoxy) is 2. The number of hydrogen-bond acceptors (Lipinski definition) is 4. The lowest BCUT2D eigenvalue weighted by atomic mass is 10.1. The number of para-hydroxylation sites is 8. The van der Waals surface area contributed by atoms with Crippen molar-refractivity contribution < 1.29 is 9.47 Å². The van der Waals surface area contributed by atoms with Gasteiger partial charge < -0.3 is 23.8 Å². The van der Waals surface area contributed by atoms with Gasteiger partial charge in [0, 0.05) is 39.7 Å². The first-order valence-corrected chi connectivity index (χ1v) is 16.1. The molecule has 5 heteroatoms. The largest absolute Gasteiger partial charge is 0.453 e. The molecule has 2 aliphatic heterocycles. The van der Waals surface area contributed by atoms with Crippen molar-refractivity contribution in [2.45, 2.75) is 26.8 Å². The zero-order valence-corrected chi connectivity index (χ0v) is 25.9. The minimum absolute atomic E-state index is 0.550. The smallest absolute Gasteiger partial charge is 0.151 e. The van der Waals surface area contributed by atoms with Crippen LogP contribution in [0.3, 0.4) is 0 Å². The van der Waals surface area contributed by atoms with Gasteiger partial charge in [0.15, 0.2) is 23.0 Å². The van der Waals surface area contributed by atoms with Crippen LogP contribution >= 0.6 is 0 Å². The zero-order valence-electron chi connectivity index (χ0n) is 25.9. The molecule has 1 aromatic heterocycles. The van der Waals surface area contributed by atoms with Gasteiger partial charge in [-0.15, -0.1) is 0 Å². The predicted molar refractivity (Wildman–Crippen MR) is 188 cm³/mol. The molecule has 0 amide bonds. The van der Waals surface area contributed by atoms with Gasteiger partial charge >= 0.3 is 0 Å². The van der Waals surface area contributed by atoms with Gasteiger partial charge in [-0.3, -0.25) is 0 Å². The summed E-state index contributed by atoms with van der Waals surface area (Å²) in [5.74, 6) is 3.97. The van der Waals surface area contributed by atoms with E-state index >= 15 is 0 Å². The first kappa shape index (κ1) is 26.7. The summed E-state index contributed by atoms with van der Waals surface area (Å²) in [4.78, 5) is 4.65. The summed E-state index contributed by atoms with van der Waals surface area (Å²) < 4.78 is 15.2. The number of benzene rings is 6. The first-order chi connectivity index (χ1) is 22.7. The highest BCUT2D eigenvalue weighted by atomic mass is 16.5. The average molecular weight is 600 g/mol. The molecule has 0 saturated carbocycles. The van der Waals surface area contributed by atoms with E-state index in [1.165, 1.54) is 21.8 Å². The Bertz CT molecular complexity index is 2040. The summed E-state index contributed by atoms with van der Waals surface area (Å²) in [7, 11) is 0. The highest BCUT2D eigenvalue weighted by Crippen LogP contribution is 2.52. The summed E-state index contributed by atoms with van der Waals surface area (Å²) in [6, 6.07) is 46.9. The van der Waals surface area contributed by atoms with Crippen LogP contribution in [0.25, 0.3) is 21.8 Å². The fourth-order valence-corrected chi connectivity index (χ4v) is 6.96. The summed E-state index contributed by atoms with van der Waals surface area (Å²) in [6.07, 6.45) is 1.13. The summed E-state index contributed by atoms with van der Waals surface area (Å²) >= 11 is 0. The number of rotatable bonds is 5. The van der Waals surface area contributed by atoms with E-state index in [0.29, 0.717) is 5.92 Å². The number of fused-ring (bicyclic) bond motifs is 7. The van der Waals surface area contributed by atoms with Crippen molar-refractivity contribution in [2.75, 3.05) is 9.80 Å². The number of nitrogens with zero attached hydrogens (tertiary/aromatic N) is 3. The number of anilines is 6. The van der Waals surface area contributed by atoms with Crippen LogP contribution in [0.4, 0.5) is 34.1 Å². The minimum atomic E-state index is 0.550. The third-order valence-electron chi connectivity index (χ3n) is 9.40. The maximum Gasteiger partial charge on any atom is 0.151 e. The van der Waals surface area contributed by atoms with Crippen LogP contribution < -0.4 is 19.3 Å². The lowest BCUT2D eigenvalue weighted by Crippen LogP contribution is -2.15. The second kappa shape index (κ2) is 10.5. The molecule has 9 rings (SSSR count). The fraction of sp³-hybridized carbons (Fsp3) is 0.122. The molecule has 0 aliphatic carbocycles. The fourth-order valence-electron chi connectivity index (χ4n) is 6.96. The van der Waals surface area contributed by atoms with Gasteiger partial charge in [-0.1, -0.05) is 68.8 Å². The van der Waals surface area contributed by atoms with E-state index < -0.39 is 0 Å². The van der Waals surface area contributed by atoms with Crippen LogP contribution in [0.1, 0.15) is 20.3 Å². The molecule has 0 fully saturated rings. The second-order valence-corrected chi connectivity index (χ2v) is 12.3. The summed E-state index contributed by atoms with van der Waals surface area (Å²) in [5, 5.41) is 2.46. The van der Waals surface area contributed by atoms with E-state index in [4.69, 9.17) is 9.47 Å². The second-order valence-electron chi connectivity index (χ2n) is 12.3. The van der Waals surface area contributed by atoms with Crippen molar-refractivity contribution in [3.63, 3.8) is 0 Å². The van der Waals surface area contributed by atoms with Crippen molar-refractivity contribution in [2.24, 2.45) is 5.92 Å². The Balaban J connectivity index is 1.28. The molecule has 0 saturated heterocycles. The average Bonchev–Trinajstić information content (AvgIpc) is 3.40. The van der Waals surface area contributed by atoms with Crippen molar-refractivity contribution in [3.05, 3.63) is 133 Å². The Morgan fingerprint density at radius 3 is 1.24 bits per heavy atom. The Hall–Kier alpha value is -5.68. The molecular formula is C41H33N3O2. The molecule has 0 N–H and O–H groups in total. The third kappa shape index (κ3) is 4.08. The third-order valence-corrected chi connectivity index (χ3v) is 9.40. The van der Waals surface area contributed by atoms with Gasteiger partial charge in [-0.2, -0.15) is 0 Å². The van der Waals surface area contributed by atoms with Crippen molar-refractivity contribution in [1.82, 2.24) is 4.57 Å². The molecule has 0 bridgehead atoms. The van der Waals surface area contributed by atoms with E-state index in [9.17, 15) is 0 Å². The van der Waals surface area contributed by atoms with Crippen LogP contribution in [-0.2, 0) is 6.54 Å². The van der Waals surface area contributed by atoms with Crippen LogP contribution in [0, 0.1) is 5.92 Å². The van der Waals surface area contributed by atoms with E-state index in [2.05, 4.69) is 113 Å². The van der Waals surface area contributed by atoms with Crippen molar-refractivity contribution in [1.29, 1.82) is 0 Å². The highest BCUT2D eigenvalue weighted by Gasteiger charge is 2.28. The lowest BCUT2D eigenvalue weighted by Gasteiger charge is -2.33. The summed E-state index contributed by atoms with van der Waals surface area (Å²) in [6.45, 7) is 5.57. The first-order valence-electron chi connectivity index (χ1n) is 16.1. The van der Waals surface area contributed by atoms with Gasteiger partial charge in [0.2, 0.25) is 0 Å². The lowest BCUT2D eigenvalue weighted by molar-refractivity contribution is 0.477. The zero-order chi connectivity index (χ0) is 30.8. The van der Waals surface area contributed by atoms with Crippen molar-refractivity contribution >= 4 is 55.9 Å². The number of aromatic nitrogens is 1. The SMILES string of the molecule is CCC(C)Cn1c2ccc(N3c4ccccc4Oc4ccccc43)cc2c2cc(N3c4ccccc4Oc4ccccc43)ccc21. The molecule has 0 spiro atoms. The Kier molecular flexibility index (Phi) is 6.07. The summed E-state index contributed by atoms with van der Waals surface area (Å²) in [5.41, 5.74) is 8.83. The van der Waals surface area contributed by atoms with E-state index in [0.717, 1.165) is 70.1 Å². The van der Waals surface area contributed by atoms with E-state index in [1.54, 1.807) is 0 Å². The molecule has 2 aliphatic rings. The van der Waals surface area contributed by atoms with Gasteiger partial charge in [0.05, 0.1) is 22.7 Å². The maximum absolute atomic E-state index is 6.33. The normalized spacial score (nSPS) is 13.8. The minimum Gasteiger partial charge on any atom is -0.453 e. The standard InChI is InChI=1S/C41H33N3O2/c1-3-27(2)26-42-32-22-20-28(43-34-12-4-8-16-38(34)45-39-17-9-5-13-35(39)43)24-30(32)31-25-29(21-23-33(31)42)44-36-14-6-10-18-40(36)46-41-19-11-7-15-37(41)44/h4-25,27H,3,26H2,1-2H3. The molecule has 3 heterocycles. The van der Waals surface area contributed by atoms with Crippen LogP contribution in [-0.4, -0.2) is 4.57 Å². The van der Waals surface area contributed by atoms with Gasteiger partial charge in [0.25, 0.3) is 0 Å². The molecule has 7 aromatic rings. The van der Waals surface area contributed by atoms with Crippen LogP contribution in [0.5, 0.6) is 23.0 Å². The van der Waals surface area contributed by atoms with Gasteiger partial charge in [-0.25, -0.2) is 0 Å². The highest BCUT2D eigenvalue weighted by molar-refractivity contribution is 6.11. The topological polar surface area (TPSA) is 29.9 Å². The van der Waals surface area contributed by atoms with E-state index in [1.807, 2.05) is 48.5 Å². The van der Waals surface area contributed by atoms with Gasteiger partial charge in [-0.05, 0) is 90.8 Å². The predicted octanol–water partition coefficient (Wildman–Crippen LogP) is 12.0. The van der Waals surface area contributed by atoms with E-state index in [-0.39, 0.29) is 0 Å². The number of hydrogen-bond donors (Lipinski definition) is 0. The van der Waals surface area contributed by atoms with Crippen LogP contribution in [0.15, 0.2) is 133 Å². The molecule has 224 valence electrons. The Morgan fingerprint density at radius 1 is 0.500 bits per heavy atom. The quantitative estimate of drug-likeness (QED) is 0.197. The van der Waals surface area contributed by atoms with Gasteiger partial charge in [0.1, 0.15) is 0 Å². The molecule has 0 radical (unpaired) electrons.